The Morgan fingerprint density at radius 1 is 1.10 bits per heavy atom. The highest BCUT2D eigenvalue weighted by atomic mass is 19.4. The van der Waals surface area contributed by atoms with Gasteiger partial charge in [-0.1, -0.05) is 0 Å². The highest BCUT2D eigenvalue weighted by Crippen LogP contribution is 2.30. The molecule has 3 heterocycles. The van der Waals surface area contributed by atoms with Crippen LogP contribution in [0.25, 0.3) is 17.2 Å². The molecule has 0 radical (unpaired) electrons. The molecule has 3 rings (SSSR count). The summed E-state index contributed by atoms with van der Waals surface area (Å²) in [6, 6.07) is 4.04. The fourth-order valence-electron chi connectivity index (χ4n) is 1.89. The smallest absolute Gasteiger partial charge is 0.296 e. The van der Waals surface area contributed by atoms with Crippen molar-refractivity contribution in [3.63, 3.8) is 0 Å². The number of fused-ring (bicyclic) bond motifs is 1. The van der Waals surface area contributed by atoms with Gasteiger partial charge in [0.05, 0.1) is 11.8 Å². The van der Waals surface area contributed by atoms with Gasteiger partial charge in [-0.3, -0.25) is 4.40 Å². The fourth-order valence-corrected chi connectivity index (χ4v) is 1.89. The topological polar surface area (TPSA) is 43.1 Å². The number of imidazole rings is 1. The lowest BCUT2D eigenvalue weighted by Crippen LogP contribution is -2.06. The first-order valence-electron chi connectivity index (χ1n) is 5.79. The molecule has 0 unspecified atom stereocenters. The van der Waals surface area contributed by atoms with Crippen LogP contribution in [-0.2, 0) is 6.18 Å². The van der Waals surface area contributed by atoms with Gasteiger partial charge in [0.1, 0.15) is 11.3 Å². The van der Waals surface area contributed by atoms with Crippen LogP contribution in [-0.4, -0.2) is 19.4 Å². The molecule has 0 amide bonds. The van der Waals surface area contributed by atoms with Crippen LogP contribution in [0.3, 0.4) is 0 Å². The molecule has 102 valence electrons. The molecule has 0 saturated heterocycles. The standard InChI is InChI=1S/C13H9F3N4/c1-8-4-5-17-12(19-8)10-6-18-11-3-2-9(7-20(10)11)13(14,15)16/h2-7H,1H3. The summed E-state index contributed by atoms with van der Waals surface area (Å²) < 4.78 is 39.6. The molecule has 0 saturated carbocycles. The second-order valence-corrected chi connectivity index (χ2v) is 4.31. The van der Waals surface area contributed by atoms with Gasteiger partial charge in [-0.2, -0.15) is 13.2 Å². The second kappa shape index (κ2) is 4.29. The Labute approximate surface area is 111 Å². The maximum absolute atomic E-state index is 12.8. The molecule has 0 aliphatic rings. The first-order chi connectivity index (χ1) is 9.45. The zero-order chi connectivity index (χ0) is 14.3. The molecule has 4 nitrogen and oxygen atoms in total. The lowest BCUT2D eigenvalue weighted by Gasteiger charge is -2.08. The first-order valence-corrected chi connectivity index (χ1v) is 5.79. The van der Waals surface area contributed by atoms with E-state index >= 15 is 0 Å². The number of nitrogens with zero attached hydrogens (tertiary/aromatic N) is 4. The van der Waals surface area contributed by atoms with Gasteiger partial charge in [0.2, 0.25) is 0 Å². The molecular formula is C13H9F3N4. The number of aryl methyl sites for hydroxylation is 1. The molecule has 3 aromatic rings. The van der Waals surface area contributed by atoms with Crippen molar-refractivity contribution in [2.75, 3.05) is 0 Å². The average molecular weight is 278 g/mol. The van der Waals surface area contributed by atoms with E-state index in [1.54, 1.807) is 19.2 Å². The van der Waals surface area contributed by atoms with Crippen molar-refractivity contribution >= 4 is 5.65 Å². The van der Waals surface area contributed by atoms with Crippen LogP contribution in [0, 0.1) is 6.92 Å². The Hall–Kier alpha value is -2.44. The summed E-state index contributed by atoms with van der Waals surface area (Å²) >= 11 is 0. The van der Waals surface area contributed by atoms with Gasteiger partial charge in [-0.25, -0.2) is 15.0 Å². The molecule has 7 heteroatoms. The second-order valence-electron chi connectivity index (χ2n) is 4.31. The van der Waals surface area contributed by atoms with E-state index in [0.29, 0.717) is 17.2 Å². The maximum atomic E-state index is 12.8. The monoisotopic (exact) mass is 278 g/mol. The molecule has 0 N–H and O–H groups in total. The minimum absolute atomic E-state index is 0.344. The zero-order valence-corrected chi connectivity index (χ0v) is 10.4. The third kappa shape index (κ3) is 2.11. The summed E-state index contributed by atoms with van der Waals surface area (Å²) in [7, 11) is 0. The molecule has 0 aliphatic carbocycles. The predicted molar refractivity (Wildman–Crippen MR) is 66.0 cm³/mol. The van der Waals surface area contributed by atoms with Crippen LogP contribution < -0.4 is 0 Å². The van der Waals surface area contributed by atoms with Crippen LogP contribution in [0.2, 0.25) is 0 Å². The zero-order valence-electron chi connectivity index (χ0n) is 10.4. The molecule has 0 fully saturated rings. The molecule has 0 spiro atoms. The minimum Gasteiger partial charge on any atom is -0.296 e. The Bertz CT molecular complexity index is 777. The fraction of sp³-hybridized carbons (Fsp3) is 0.154. The summed E-state index contributed by atoms with van der Waals surface area (Å²) in [5.41, 5.74) is 0.835. The highest BCUT2D eigenvalue weighted by Gasteiger charge is 2.31. The summed E-state index contributed by atoms with van der Waals surface area (Å²) in [4.78, 5) is 12.3. The van der Waals surface area contributed by atoms with Gasteiger partial charge in [0.15, 0.2) is 5.82 Å². The van der Waals surface area contributed by atoms with Crippen LogP contribution >= 0.6 is 0 Å². The molecule has 0 aliphatic heterocycles. The van der Waals surface area contributed by atoms with Gasteiger partial charge in [-0.15, -0.1) is 0 Å². The van der Waals surface area contributed by atoms with E-state index in [9.17, 15) is 13.2 Å². The Morgan fingerprint density at radius 2 is 1.90 bits per heavy atom. The summed E-state index contributed by atoms with van der Waals surface area (Å²) in [5, 5.41) is 0. The number of pyridine rings is 1. The predicted octanol–water partition coefficient (Wildman–Crippen LogP) is 3.12. The quantitative estimate of drug-likeness (QED) is 0.687. The van der Waals surface area contributed by atoms with Gasteiger partial charge < -0.3 is 0 Å². The number of rotatable bonds is 1. The van der Waals surface area contributed by atoms with Gasteiger partial charge in [0, 0.05) is 18.1 Å². The minimum atomic E-state index is -4.40. The van der Waals surface area contributed by atoms with Gasteiger partial charge in [-0.05, 0) is 25.1 Å². The number of hydrogen-bond acceptors (Lipinski definition) is 3. The summed E-state index contributed by atoms with van der Waals surface area (Å²) in [5.74, 6) is 0.344. The Kier molecular flexibility index (Phi) is 2.70. The van der Waals surface area contributed by atoms with Crippen molar-refractivity contribution in [3.05, 3.63) is 48.0 Å². The SMILES string of the molecule is Cc1ccnc(-c2cnc3ccc(C(F)(F)F)cn23)n1. The van der Waals surface area contributed by atoms with Crippen LogP contribution in [0.5, 0.6) is 0 Å². The van der Waals surface area contributed by atoms with Crippen molar-refractivity contribution in [1.82, 2.24) is 19.4 Å². The van der Waals surface area contributed by atoms with Crippen LogP contribution in [0.4, 0.5) is 13.2 Å². The van der Waals surface area contributed by atoms with Gasteiger partial charge >= 0.3 is 6.18 Å². The molecule has 20 heavy (non-hydrogen) atoms. The van der Waals surface area contributed by atoms with E-state index in [-0.39, 0.29) is 0 Å². The number of halogens is 3. The van der Waals surface area contributed by atoms with E-state index < -0.39 is 11.7 Å². The van der Waals surface area contributed by atoms with E-state index in [0.717, 1.165) is 18.0 Å². The lowest BCUT2D eigenvalue weighted by molar-refractivity contribution is -0.137. The maximum Gasteiger partial charge on any atom is 0.417 e. The van der Waals surface area contributed by atoms with E-state index in [1.807, 2.05) is 0 Å². The highest BCUT2D eigenvalue weighted by molar-refractivity contribution is 5.57. The Morgan fingerprint density at radius 3 is 2.60 bits per heavy atom. The number of aromatic nitrogens is 4. The van der Waals surface area contributed by atoms with Crippen molar-refractivity contribution in [2.24, 2.45) is 0 Å². The summed E-state index contributed by atoms with van der Waals surface area (Å²) in [6.07, 6.45) is -0.374. The largest absolute Gasteiger partial charge is 0.417 e. The van der Waals surface area contributed by atoms with Gasteiger partial charge in [0.25, 0.3) is 0 Å². The third-order valence-corrected chi connectivity index (χ3v) is 2.86. The van der Waals surface area contributed by atoms with E-state index in [2.05, 4.69) is 15.0 Å². The van der Waals surface area contributed by atoms with Crippen LogP contribution in [0.15, 0.2) is 36.8 Å². The Balaban J connectivity index is 2.22. The molecular weight excluding hydrogens is 269 g/mol. The lowest BCUT2D eigenvalue weighted by atomic mass is 10.2. The van der Waals surface area contributed by atoms with Crippen molar-refractivity contribution < 1.29 is 13.2 Å². The normalized spacial score (nSPS) is 12.0. The number of hydrogen-bond donors (Lipinski definition) is 0. The molecule has 0 bridgehead atoms. The van der Waals surface area contributed by atoms with E-state index in [1.165, 1.54) is 16.7 Å². The molecule has 0 aromatic carbocycles. The molecule has 3 aromatic heterocycles. The van der Waals surface area contributed by atoms with Crippen LogP contribution in [0.1, 0.15) is 11.3 Å². The summed E-state index contributed by atoms with van der Waals surface area (Å²) in [6.45, 7) is 1.79. The van der Waals surface area contributed by atoms with E-state index in [4.69, 9.17) is 0 Å². The van der Waals surface area contributed by atoms with Crippen molar-refractivity contribution in [2.45, 2.75) is 13.1 Å². The number of alkyl halides is 3. The van der Waals surface area contributed by atoms with Crippen molar-refractivity contribution in [1.29, 1.82) is 0 Å². The molecule has 0 atom stereocenters. The third-order valence-electron chi connectivity index (χ3n) is 2.86. The average Bonchev–Trinajstić information content (AvgIpc) is 2.80. The van der Waals surface area contributed by atoms with Crippen molar-refractivity contribution in [3.8, 4) is 11.5 Å². The first kappa shape index (κ1) is 12.6.